The first kappa shape index (κ1) is 18.2. The first-order valence-corrected chi connectivity index (χ1v) is 8.77. The van der Waals surface area contributed by atoms with Crippen molar-refractivity contribution in [3.8, 4) is 0 Å². The number of benzene rings is 1. The van der Waals surface area contributed by atoms with Crippen molar-refractivity contribution in [1.29, 1.82) is 0 Å². The molecule has 1 saturated heterocycles. The van der Waals surface area contributed by atoms with Gasteiger partial charge >= 0.3 is 0 Å². The van der Waals surface area contributed by atoms with Crippen LogP contribution in [0.4, 0.5) is 0 Å². The van der Waals surface area contributed by atoms with Gasteiger partial charge in [0.15, 0.2) is 0 Å². The van der Waals surface area contributed by atoms with Crippen LogP contribution in [0.2, 0.25) is 0 Å². The summed E-state index contributed by atoms with van der Waals surface area (Å²) in [5.74, 6) is 0.303. The summed E-state index contributed by atoms with van der Waals surface area (Å²) in [5, 5.41) is 2.96. The molecular weight excluding hydrogens is 300 g/mol. The van der Waals surface area contributed by atoms with E-state index >= 15 is 0 Å². The lowest BCUT2D eigenvalue weighted by atomic mass is 9.95. The summed E-state index contributed by atoms with van der Waals surface area (Å²) in [5.41, 5.74) is 2.34. The predicted octanol–water partition coefficient (Wildman–Crippen LogP) is 3.16. The zero-order valence-corrected chi connectivity index (χ0v) is 14.9. The van der Waals surface area contributed by atoms with Gasteiger partial charge in [0.1, 0.15) is 0 Å². The molecule has 1 heterocycles. The molecule has 24 heavy (non-hydrogen) atoms. The third-order valence-corrected chi connectivity index (χ3v) is 4.33. The zero-order chi connectivity index (χ0) is 17.5. The molecule has 1 fully saturated rings. The molecule has 0 aromatic heterocycles. The number of nitrogens with one attached hydrogen (secondary N) is 1. The predicted molar refractivity (Wildman–Crippen MR) is 97.4 cm³/mol. The Bertz CT molecular complexity index is 582. The number of hydrogen-bond donors (Lipinski definition) is 1. The first-order chi connectivity index (χ1) is 11.5. The maximum Gasteiger partial charge on any atom is 0.226 e. The van der Waals surface area contributed by atoms with Crippen molar-refractivity contribution in [2.75, 3.05) is 13.1 Å². The molecule has 1 aliphatic heterocycles. The molecule has 130 valence electrons. The van der Waals surface area contributed by atoms with E-state index in [1.54, 1.807) is 0 Å². The minimum atomic E-state index is 0.0413. The van der Waals surface area contributed by atoms with Crippen LogP contribution in [0.3, 0.4) is 0 Å². The van der Waals surface area contributed by atoms with Gasteiger partial charge in [0.05, 0.1) is 0 Å². The van der Waals surface area contributed by atoms with Crippen molar-refractivity contribution in [1.82, 2.24) is 10.2 Å². The molecule has 0 unspecified atom stereocenters. The fourth-order valence-corrected chi connectivity index (χ4v) is 2.90. The Labute approximate surface area is 144 Å². The van der Waals surface area contributed by atoms with E-state index in [0.717, 1.165) is 18.4 Å². The number of carbonyl (C=O) groups is 2. The van der Waals surface area contributed by atoms with E-state index in [2.05, 4.69) is 36.5 Å². The number of nitrogens with zero attached hydrogens (tertiary/aromatic N) is 1. The Morgan fingerprint density at radius 3 is 2.42 bits per heavy atom. The minimum Gasteiger partial charge on any atom is -0.354 e. The fourth-order valence-electron chi connectivity index (χ4n) is 2.90. The maximum atomic E-state index is 12.3. The average molecular weight is 328 g/mol. The number of piperidine rings is 1. The molecule has 2 rings (SSSR count). The third kappa shape index (κ3) is 5.52. The normalized spacial score (nSPS) is 15.9. The Hall–Kier alpha value is -2.10. The van der Waals surface area contributed by atoms with Gasteiger partial charge in [-0.05, 0) is 39.2 Å². The van der Waals surface area contributed by atoms with Gasteiger partial charge in [-0.15, -0.1) is 0 Å². The number of amides is 2. The standard InChI is InChI=1S/C20H28N2O2/c1-15(2)21-20(24)18-11-13-22(14-12-18)19(23)6-4-5-17-9-7-16(3)8-10-17/h4-5,7-10,15,18H,6,11-14H2,1-3H3,(H,21,24). The second-order valence-corrected chi connectivity index (χ2v) is 6.84. The molecule has 2 amide bonds. The summed E-state index contributed by atoms with van der Waals surface area (Å²) in [6.45, 7) is 7.34. The molecule has 1 aromatic carbocycles. The van der Waals surface area contributed by atoms with E-state index in [1.165, 1.54) is 5.56 Å². The Morgan fingerprint density at radius 2 is 1.83 bits per heavy atom. The molecule has 0 spiro atoms. The number of likely N-dealkylation sites (tertiary alicyclic amines) is 1. The van der Waals surface area contributed by atoms with Crippen LogP contribution in [0.1, 0.15) is 44.2 Å². The lowest BCUT2D eigenvalue weighted by molar-refractivity contribution is -0.135. The highest BCUT2D eigenvalue weighted by atomic mass is 16.2. The highest BCUT2D eigenvalue weighted by Crippen LogP contribution is 2.18. The van der Waals surface area contributed by atoms with Crippen molar-refractivity contribution in [2.45, 2.75) is 46.1 Å². The van der Waals surface area contributed by atoms with Crippen LogP contribution in [0.15, 0.2) is 30.3 Å². The Balaban J connectivity index is 1.76. The molecule has 0 aliphatic carbocycles. The largest absolute Gasteiger partial charge is 0.354 e. The minimum absolute atomic E-state index is 0.0413. The smallest absolute Gasteiger partial charge is 0.226 e. The quantitative estimate of drug-likeness (QED) is 0.902. The number of hydrogen-bond acceptors (Lipinski definition) is 2. The van der Waals surface area contributed by atoms with Crippen molar-refractivity contribution >= 4 is 17.9 Å². The van der Waals surface area contributed by atoms with Crippen molar-refractivity contribution in [3.63, 3.8) is 0 Å². The van der Waals surface area contributed by atoms with Gasteiger partial charge in [0, 0.05) is 31.5 Å². The van der Waals surface area contributed by atoms with Crippen LogP contribution in [-0.4, -0.2) is 35.8 Å². The van der Waals surface area contributed by atoms with Gasteiger partial charge in [0.25, 0.3) is 0 Å². The van der Waals surface area contributed by atoms with E-state index in [9.17, 15) is 9.59 Å². The molecular formula is C20H28N2O2. The van der Waals surface area contributed by atoms with Crippen LogP contribution >= 0.6 is 0 Å². The van der Waals surface area contributed by atoms with Crippen molar-refractivity contribution < 1.29 is 9.59 Å². The second-order valence-electron chi connectivity index (χ2n) is 6.84. The lowest BCUT2D eigenvalue weighted by Gasteiger charge is -2.31. The number of rotatable bonds is 5. The Kier molecular flexibility index (Phi) is 6.59. The maximum absolute atomic E-state index is 12.3. The molecule has 0 radical (unpaired) electrons. The molecule has 4 nitrogen and oxygen atoms in total. The van der Waals surface area contributed by atoms with Crippen LogP contribution in [-0.2, 0) is 9.59 Å². The highest BCUT2D eigenvalue weighted by Gasteiger charge is 2.26. The summed E-state index contributed by atoms with van der Waals surface area (Å²) in [4.78, 5) is 26.2. The summed E-state index contributed by atoms with van der Waals surface area (Å²) >= 11 is 0. The molecule has 4 heteroatoms. The molecule has 1 aliphatic rings. The summed E-state index contributed by atoms with van der Waals surface area (Å²) in [6.07, 6.45) is 5.83. The van der Waals surface area contributed by atoms with E-state index < -0.39 is 0 Å². The van der Waals surface area contributed by atoms with Gasteiger partial charge in [-0.3, -0.25) is 9.59 Å². The highest BCUT2D eigenvalue weighted by molar-refractivity contribution is 5.81. The lowest BCUT2D eigenvalue weighted by Crippen LogP contribution is -2.44. The monoisotopic (exact) mass is 328 g/mol. The molecule has 0 bridgehead atoms. The van der Waals surface area contributed by atoms with Crippen LogP contribution in [0, 0.1) is 12.8 Å². The van der Waals surface area contributed by atoms with Crippen LogP contribution < -0.4 is 5.32 Å². The van der Waals surface area contributed by atoms with E-state index in [1.807, 2.05) is 30.9 Å². The zero-order valence-electron chi connectivity index (χ0n) is 14.9. The second kappa shape index (κ2) is 8.67. The first-order valence-electron chi connectivity index (χ1n) is 8.77. The summed E-state index contributed by atoms with van der Waals surface area (Å²) < 4.78 is 0. The van der Waals surface area contributed by atoms with Crippen LogP contribution in [0.25, 0.3) is 6.08 Å². The van der Waals surface area contributed by atoms with Gasteiger partial charge in [-0.2, -0.15) is 0 Å². The molecule has 0 saturated carbocycles. The topological polar surface area (TPSA) is 49.4 Å². The van der Waals surface area contributed by atoms with E-state index in [4.69, 9.17) is 0 Å². The van der Waals surface area contributed by atoms with Crippen LogP contribution in [0.5, 0.6) is 0 Å². The molecule has 0 atom stereocenters. The molecule has 1 aromatic rings. The van der Waals surface area contributed by atoms with Crippen molar-refractivity contribution in [3.05, 3.63) is 41.5 Å². The van der Waals surface area contributed by atoms with Gasteiger partial charge < -0.3 is 10.2 Å². The number of aryl methyl sites for hydroxylation is 1. The summed E-state index contributed by atoms with van der Waals surface area (Å²) in [7, 11) is 0. The molecule has 1 N–H and O–H groups in total. The average Bonchev–Trinajstić information content (AvgIpc) is 2.56. The third-order valence-electron chi connectivity index (χ3n) is 4.33. The fraction of sp³-hybridized carbons (Fsp3) is 0.500. The Morgan fingerprint density at radius 1 is 1.21 bits per heavy atom. The van der Waals surface area contributed by atoms with Gasteiger partial charge in [0.2, 0.25) is 11.8 Å². The summed E-state index contributed by atoms with van der Waals surface area (Å²) in [6, 6.07) is 8.40. The number of carbonyl (C=O) groups excluding carboxylic acids is 2. The van der Waals surface area contributed by atoms with Crippen molar-refractivity contribution in [2.24, 2.45) is 5.92 Å². The van der Waals surface area contributed by atoms with Gasteiger partial charge in [-0.1, -0.05) is 42.0 Å². The van der Waals surface area contributed by atoms with E-state index in [-0.39, 0.29) is 23.8 Å². The van der Waals surface area contributed by atoms with Gasteiger partial charge in [-0.25, -0.2) is 0 Å². The SMILES string of the molecule is Cc1ccc(C=CCC(=O)N2CCC(C(=O)NC(C)C)CC2)cc1. The van der Waals surface area contributed by atoms with E-state index in [0.29, 0.717) is 19.5 Å².